The number of hydrogen-bond donors (Lipinski definition) is 2. The van der Waals surface area contributed by atoms with Crippen molar-refractivity contribution in [2.75, 3.05) is 19.6 Å². The van der Waals surface area contributed by atoms with Crippen molar-refractivity contribution in [2.24, 2.45) is 0 Å². The van der Waals surface area contributed by atoms with Crippen molar-refractivity contribution >= 4 is 5.91 Å². The summed E-state index contributed by atoms with van der Waals surface area (Å²) in [6.45, 7) is 13.8. The Bertz CT molecular complexity index is 299. The molecule has 1 aliphatic heterocycles. The molecule has 20 heavy (non-hydrogen) atoms. The van der Waals surface area contributed by atoms with Crippen molar-refractivity contribution in [3.8, 4) is 0 Å². The van der Waals surface area contributed by atoms with Gasteiger partial charge in [-0.15, -0.1) is 0 Å². The normalized spacial score (nSPS) is 23.1. The molecule has 0 spiro atoms. The van der Waals surface area contributed by atoms with Crippen molar-refractivity contribution in [3.05, 3.63) is 0 Å². The van der Waals surface area contributed by atoms with Crippen molar-refractivity contribution in [3.63, 3.8) is 0 Å². The molecule has 2 N–H and O–H groups in total. The minimum Gasteiger partial charge on any atom is -0.350 e. The molecule has 1 heterocycles. The van der Waals surface area contributed by atoms with Crippen LogP contribution in [0.25, 0.3) is 0 Å². The predicted molar refractivity (Wildman–Crippen MR) is 84.9 cm³/mol. The third kappa shape index (κ3) is 6.71. The molecule has 2 atom stereocenters. The summed E-state index contributed by atoms with van der Waals surface area (Å²) in [6.07, 6.45) is 4.77. The fraction of sp³-hybridized carbons (Fsp3) is 0.938. The van der Waals surface area contributed by atoms with E-state index >= 15 is 0 Å². The van der Waals surface area contributed by atoms with Crippen LogP contribution < -0.4 is 10.6 Å². The fourth-order valence-electron chi connectivity index (χ4n) is 2.77. The highest BCUT2D eigenvalue weighted by Gasteiger charge is 2.23. The minimum atomic E-state index is -0.158. The second kappa shape index (κ2) is 7.99. The van der Waals surface area contributed by atoms with Gasteiger partial charge in [0, 0.05) is 11.6 Å². The van der Waals surface area contributed by atoms with Crippen LogP contribution in [-0.2, 0) is 4.79 Å². The number of likely N-dealkylation sites (tertiary alicyclic amines) is 1. The first-order valence-electron chi connectivity index (χ1n) is 8.12. The average Bonchev–Trinajstić information content (AvgIpc) is 2.53. The van der Waals surface area contributed by atoms with Gasteiger partial charge in [-0.2, -0.15) is 0 Å². The number of carbonyl (C=O) groups is 1. The molecule has 4 heteroatoms. The number of carbonyl (C=O) groups excluding carboxylic acids is 1. The van der Waals surface area contributed by atoms with Gasteiger partial charge >= 0.3 is 0 Å². The third-order valence-electron chi connectivity index (χ3n) is 3.74. The maximum Gasteiger partial charge on any atom is 0.237 e. The van der Waals surface area contributed by atoms with E-state index in [0.29, 0.717) is 6.04 Å². The molecular weight excluding hydrogens is 250 g/mol. The first-order chi connectivity index (χ1) is 9.31. The highest BCUT2D eigenvalue weighted by Crippen LogP contribution is 2.12. The van der Waals surface area contributed by atoms with Gasteiger partial charge in [0.25, 0.3) is 0 Å². The Morgan fingerprint density at radius 1 is 1.30 bits per heavy atom. The van der Waals surface area contributed by atoms with Crippen LogP contribution in [-0.4, -0.2) is 48.1 Å². The molecule has 0 aliphatic carbocycles. The second-order valence-electron chi connectivity index (χ2n) is 7.10. The number of nitrogens with one attached hydrogen (secondary N) is 2. The van der Waals surface area contributed by atoms with E-state index < -0.39 is 0 Å². The first kappa shape index (κ1) is 17.4. The van der Waals surface area contributed by atoms with Gasteiger partial charge in [-0.05, 0) is 73.0 Å². The van der Waals surface area contributed by atoms with E-state index in [4.69, 9.17) is 0 Å². The lowest BCUT2D eigenvalue weighted by Crippen LogP contribution is -2.51. The molecule has 4 nitrogen and oxygen atoms in total. The zero-order valence-electron chi connectivity index (χ0n) is 14.0. The SMILES string of the molecule is CCCN1CCCC(NC(C)C(=O)NC(C)(C)C)CC1. The summed E-state index contributed by atoms with van der Waals surface area (Å²) in [5.41, 5.74) is -0.158. The van der Waals surface area contributed by atoms with Crippen LogP contribution in [0.4, 0.5) is 0 Å². The van der Waals surface area contributed by atoms with Crippen LogP contribution in [0.5, 0.6) is 0 Å². The summed E-state index contributed by atoms with van der Waals surface area (Å²) < 4.78 is 0. The summed E-state index contributed by atoms with van der Waals surface area (Å²) in [5.74, 6) is 0.104. The standard InChI is InChI=1S/C16H33N3O/c1-6-10-19-11-7-8-14(9-12-19)17-13(2)15(20)18-16(3,4)5/h13-14,17H,6-12H2,1-5H3,(H,18,20). The van der Waals surface area contributed by atoms with E-state index in [0.717, 1.165) is 13.0 Å². The van der Waals surface area contributed by atoms with Crippen LogP contribution in [0.2, 0.25) is 0 Å². The molecule has 1 fully saturated rings. The van der Waals surface area contributed by atoms with E-state index in [9.17, 15) is 4.79 Å². The molecule has 0 bridgehead atoms. The molecule has 118 valence electrons. The van der Waals surface area contributed by atoms with Gasteiger partial charge in [0.05, 0.1) is 6.04 Å². The molecule has 1 amide bonds. The van der Waals surface area contributed by atoms with E-state index in [1.165, 1.54) is 32.4 Å². The molecule has 0 radical (unpaired) electrons. The van der Waals surface area contributed by atoms with E-state index in [1.807, 2.05) is 27.7 Å². The average molecular weight is 283 g/mol. The largest absolute Gasteiger partial charge is 0.350 e. The van der Waals surface area contributed by atoms with Gasteiger partial charge in [-0.25, -0.2) is 0 Å². The van der Waals surface area contributed by atoms with Crippen LogP contribution in [0, 0.1) is 0 Å². The Kier molecular flexibility index (Phi) is 6.96. The number of nitrogens with zero attached hydrogens (tertiary/aromatic N) is 1. The molecule has 0 aromatic carbocycles. The molecule has 1 saturated heterocycles. The minimum absolute atomic E-state index is 0.104. The zero-order chi connectivity index (χ0) is 15.2. The topological polar surface area (TPSA) is 44.4 Å². The quantitative estimate of drug-likeness (QED) is 0.812. The van der Waals surface area contributed by atoms with Crippen molar-refractivity contribution in [1.82, 2.24) is 15.5 Å². The van der Waals surface area contributed by atoms with Crippen LogP contribution in [0.3, 0.4) is 0 Å². The number of amides is 1. The van der Waals surface area contributed by atoms with Crippen molar-refractivity contribution in [2.45, 2.75) is 77.9 Å². The van der Waals surface area contributed by atoms with Crippen molar-refractivity contribution in [1.29, 1.82) is 0 Å². The summed E-state index contributed by atoms with van der Waals surface area (Å²) >= 11 is 0. The second-order valence-corrected chi connectivity index (χ2v) is 7.10. The summed E-state index contributed by atoms with van der Waals surface area (Å²) in [7, 11) is 0. The highest BCUT2D eigenvalue weighted by atomic mass is 16.2. The van der Waals surface area contributed by atoms with Gasteiger partial charge in [0.2, 0.25) is 5.91 Å². The summed E-state index contributed by atoms with van der Waals surface area (Å²) in [6, 6.07) is 0.356. The maximum atomic E-state index is 12.1. The fourth-order valence-corrected chi connectivity index (χ4v) is 2.77. The van der Waals surface area contributed by atoms with Gasteiger partial charge in [-0.3, -0.25) is 4.79 Å². The molecule has 0 aromatic heterocycles. The van der Waals surface area contributed by atoms with E-state index in [-0.39, 0.29) is 17.5 Å². The molecule has 0 aromatic rings. The van der Waals surface area contributed by atoms with Gasteiger partial charge in [0.15, 0.2) is 0 Å². The molecular formula is C16H33N3O. The van der Waals surface area contributed by atoms with E-state index in [2.05, 4.69) is 22.5 Å². The van der Waals surface area contributed by atoms with Gasteiger partial charge in [-0.1, -0.05) is 6.92 Å². The Morgan fingerprint density at radius 2 is 2.00 bits per heavy atom. The zero-order valence-corrected chi connectivity index (χ0v) is 14.0. The van der Waals surface area contributed by atoms with Crippen LogP contribution in [0.1, 0.15) is 60.3 Å². The molecule has 0 saturated carbocycles. The molecule has 1 rings (SSSR count). The Hall–Kier alpha value is -0.610. The number of hydrogen-bond acceptors (Lipinski definition) is 3. The Labute approximate surface area is 124 Å². The van der Waals surface area contributed by atoms with Crippen molar-refractivity contribution < 1.29 is 4.79 Å². The number of rotatable bonds is 5. The highest BCUT2D eigenvalue weighted by molar-refractivity contribution is 5.81. The molecule has 2 unspecified atom stereocenters. The lowest BCUT2D eigenvalue weighted by molar-refractivity contribution is -0.124. The lowest BCUT2D eigenvalue weighted by atomic mass is 10.1. The Balaban J connectivity index is 2.38. The summed E-state index contributed by atoms with van der Waals surface area (Å²) in [5, 5.41) is 6.55. The van der Waals surface area contributed by atoms with Crippen LogP contribution in [0.15, 0.2) is 0 Å². The van der Waals surface area contributed by atoms with E-state index in [1.54, 1.807) is 0 Å². The summed E-state index contributed by atoms with van der Waals surface area (Å²) in [4.78, 5) is 14.6. The van der Waals surface area contributed by atoms with Gasteiger partial charge < -0.3 is 15.5 Å². The Morgan fingerprint density at radius 3 is 2.60 bits per heavy atom. The third-order valence-corrected chi connectivity index (χ3v) is 3.74. The monoisotopic (exact) mass is 283 g/mol. The predicted octanol–water partition coefficient (Wildman–Crippen LogP) is 2.14. The first-order valence-corrected chi connectivity index (χ1v) is 8.12. The smallest absolute Gasteiger partial charge is 0.237 e. The maximum absolute atomic E-state index is 12.1. The molecule has 1 aliphatic rings. The van der Waals surface area contributed by atoms with Gasteiger partial charge in [0.1, 0.15) is 0 Å². The lowest BCUT2D eigenvalue weighted by Gasteiger charge is -2.26. The van der Waals surface area contributed by atoms with Crippen LogP contribution >= 0.6 is 0 Å².